The van der Waals surface area contributed by atoms with Crippen LogP contribution in [0.4, 0.5) is 11.6 Å². The van der Waals surface area contributed by atoms with E-state index < -0.39 is 0 Å². The normalized spacial score (nSPS) is 14.2. The standard InChI is InChI=1S/C20H25N5O2/c1-13-5-6-14(2)17(11-13)22-19(27)18-12-15(3)21-20(23-18)25-9-7-24(8-10-25)16(4)26/h5-6,11-12H,7-10H2,1-4H3,(H,22,27). The summed E-state index contributed by atoms with van der Waals surface area (Å²) >= 11 is 0. The molecule has 3 rings (SSSR count). The van der Waals surface area contributed by atoms with Crippen molar-refractivity contribution in [1.29, 1.82) is 0 Å². The Balaban J connectivity index is 1.78. The fourth-order valence-electron chi connectivity index (χ4n) is 3.09. The Labute approximate surface area is 159 Å². The number of aromatic nitrogens is 2. The van der Waals surface area contributed by atoms with E-state index in [1.807, 2.05) is 43.9 Å². The van der Waals surface area contributed by atoms with Crippen LogP contribution in [0.2, 0.25) is 0 Å². The second-order valence-electron chi connectivity index (χ2n) is 6.96. The second kappa shape index (κ2) is 7.73. The first-order valence-electron chi connectivity index (χ1n) is 9.08. The summed E-state index contributed by atoms with van der Waals surface area (Å²) in [5, 5.41) is 2.95. The minimum absolute atomic E-state index is 0.0772. The van der Waals surface area contributed by atoms with Gasteiger partial charge in [-0.3, -0.25) is 9.59 Å². The van der Waals surface area contributed by atoms with Gasteiger partial charge in [-0.1, -0.05) is 12.1 Å². The highest BCUT2D eigenvalue weighted by atomic mass is 16.2. The topological polar surface area (TPSA) is 78.4 Å². The fourth-order valence-corrected chi connectivity index (χ4v) is 3.09. The summed E-state index contributed by atoms with van der Waals surface area (Å²) in [7, 11) is 0. The van der Waals surface area contributed by atoms with Gasteiger partial charge in [0.2, 0.25) is 11.9 Å². The van der Waals surface area contributed by atoms with Gasteiger partial charge in [0, 0.05) is 44.5 Å². The Bertz CT molecular complexity index is 873. The highest BCUT2D eigenvalue weighted by Gasteiger charge is 2.22. The van der Waals surface area contributed by atoms with Gasteiger partial charge in [-0.05, 0) is 44.0 Å². The lowest BCUT2D eigenvalue weighted by Crippen LogP contribution is -2.48. The van der Waals surface area contributed by atoms with Crippen molar-refractivity contribution in [2.24, 2.45) is 0 Å². The molecule has 1 aliphatic rings. The van der Waals surface area contributed by atoms with Crippen LogP contribution < -0.4 is 10.2 Å². The van der Waals surface area contributed by atoms with Gasteiger partial charge in [-0.25, -0.2) is 9.97 Å². The van der Waals surface area contributed by atoms with Crippen molar-refractivity contribution in [3.8, 4) is 0 Å². The minimum atomic E-state index is -0.252. The van der Waals surface area contributed by atoms with E-state index in [4.69, 9.17) is 0 Å². The number of carbonyl (C=O) groups is 2. The van der Waals surface area contributed by atoms with Gasteiger partial charge in [-0.2, -0.15) is 0 Å². The molecule has 7 heteroatoms. The molecule has 0 atom stereocenters. The van der Waals surface area contributed by atoms with Crippen molar-refractivity contribution in [2.75, 3.05) is 36.4 Å². The molecule has 0 bridgehead atoms. The fraction of sp³-hybridized carbons (Fsp3) is 0.400. The molecule has 0 saturated carbocycles. The van der Waals surface area contributed by atoms with E-state index in [-0.39, 0.29) is 11.8 Å². The average molecular weight is 367 g/mol. The molecule has 1 fully saturated rings. The molecule has 1 aromatic heterocycles. The quantitative estimate of drug-likeness (QED) is 0.901. The zero-order valence-electron chi connectivity index (χ0n) is 16.2. The van der Waals surface area contributed by atoms with Crippen LogP contribution in [0.25, 0.3) is 0 Å². The zero-order valence-corrected chi connectivity index (χ0v) is 16.2. The van der Waals surface area contributed by atoms with Crippen molar-refractivity contribution >= 4 is 23.5 Å². The zero-order chi connectivity index (χ0) is 19.6. The van der Waals surface area contributed by atoms with Gasteiger partial charge in [0.15, 0.2) is 0 Å². The van der Waals surface area contributed by atoms with E-state index in [0.717, 1.165) is 22.5 Å². The molecular formula is C20H25N5O2. The summed E-state index contributed by atoms with van der Waals surface area (Å²) in [4.78, 5) is 37.0. The Morgan fingerprint density at radius 2 is 1.70 bits per heavy atom. The van der Waals surface area contributed by atoms with E-state index >= 15 is 0 Å². The summed E-state index contributed by atoms with van der Waals surface area (Å²) in [5.41, 5.74) is 3.94. The number of benzene rings is 1. The number of anilines is 2. The molecule has 1 saturated heterocycles. The molecule has 1 aromatic carbocycles. The Morgan fingerprint density at radius 3 is 2.37 bits per heavy atom. The van der Waals surface area contributed by atoms with Gasteiger partial charge in [0.1, 0.15) is 5.69 Å². The summed E-state index contributed by atoms with van der Waals surface area (Å²) in [6, 6.07) is 7.63. The van der Waals surface area contributed by atoms with Crippen LogP contribution >= 0.6 is 0 Å². The average Bonchev–Trinajstić information content (AvgIpc) is 2.64. The first kappa shape index (κ1) is 18.8. The van der Waals surface area contributed by atoms with Gasteiger partial charge in [0.25, 0.3) is 5.91 Å². The van der Waals surface area contributed by atoms with Crippen LogP contribution in [-0.4, -0.2) is 52.9 Å². The number of carbonyl (C=O) groups excluding carboxylic acids is 2. The molecule has 142 valence electrons. The van der Waals surface area contributed by atoms with E-state index in [9.17, 15) is 9.59 Å². The minimum Gasteiger partial charge on any atom is -0.339 e. The van der Waals surface area contributed by atoms with Crippen LogP contribution in [0.1, 0.15) is 34.2 Å². The van der Waals surface area contributed by atoms with Crippen molar-refractivity contribution < 1.29 is 9.59 Å². The predicted molar refractivity (Wildman–Crippen MR) is 105 cm³/mol. The lowest BCUT2D eigenvalue weighted by molar-refractivity contribution is -0.129. The molecule has 0 radical (unpaired) electrons. The Hall–Kier alpha value is -2.96. The number of hydrogen-bond donors (Lipinski definition) is 1. The number of rotatable bonds is 3. The number of piperazine rings is 1. The van der Waals surface area contributed by atoms with E-state index in [2.05, 4.69) is 15.3 Å². The number of aryl methyl sites for hydroxylation is 3. The van der Waals surface area contributed by atoms with Crippen LogP contribution in [0.15, 0.2) is 24.3 Å². The van der Waals surface area contributed by atoms with Crippen molar-refractivity contribution in [2.45, 2.75) is 27.7 Å². The van der Waals surface area contributed by atoms with Crippen molar-refractivity contribution in [3.63, 3.8) is 0 Å². The highest BCUT2D eigenvalue weighted by Crippen LogP contribution is 2.18. The lowest BCUT2D eigenvalue weighted by atomic mass is 10.1. The molecule has 0 aliphatic carbocycles. The molecule has 0 unspecified atom stereocenters. The maximum Gasteiger partial charge on any atom is 0.274 e. The molecule has 0 spiro atoms. The molecule has 2 amide bonds. The summed E-state index contributed by atoms with van der Waals surface area (Å²) < 4.78 is 0. The molecule has 27 heavy (non-hydrogen) atoms. The van der Waals surface area contributed by atoms with Crippen LogP contribution in [0, 0.1) is 20.8 Å². The predicted octanol–water partition coefficient (Wildman–Crippen LogP) is 2.32. The maximum atomic E-state index is 12.7. The Morgan fingerprint density at radius 1 is 1.00 bits per heavy atom. The van der Waals surface area contributed by atoms with Gasteiger partial charge in [0.05, 0.1) is 0 Å². The monoisotopic (exact) mass is 367 g/mol. The van der Waals surface area contributed by atoms with Gasteiger partial charge >= 0.3 is 0 Å². The summed E-state index contributed by atoms with van der Waals surface area (Å²) in [6.45, 7) is 9.96. The second-order valence-corrected chi connectivity index (χ2v) is 6.96. The first-order chi connectivity index (χ1) is 12.8. The van der Waals surface area contributed by atoms with E-state index in [1.54, 1.807) is 17.9 Å². The largest absolute Gasteiger partial charge is 0.339 e. The first-order valence-corrected chi connectivity index (χ1v) is 9.08. The molecule has 1 N–H and O–H groups in total. The van der Waals surface area contributed by atoms with E-state index in [0.29, 0.717) is 37.8 Å². The molecular weight excluding hydrogens is 342 g/mol. The number of hydrogen-bond acceptors (Lipinski definition) is 5. The third-order valence-electron chi connectivity index (χ3n) is 4.72. The van der Waals surface area contributed by atoms with Crippen LogP contribution in [0.5, 0.6) is 0 Å². The molecule has 2 aromatic rings. The summed E-state index contributed by atoms with van der Waals surface area (Å²) in [6.07, 6.45) is 0. The number of nitrogens with one attached hydrogen (secondary N) is 1. The van der Waals surface area contributed by atoms with Crippen molar-refractivity contribution in [1.82, 2.24) is 14.9 Å². The smallest absolute Gasteiger partial charge is 0.274 e. The molecule has 7 nitrogen and oxygen atoms in total. The Kier molecular flexibility index (Phi) is 5.39. The number of amides is 2. The summed E-state index contributed by atoms with van der Waals surface area (Å²) in [5.74, 6) is 0.357. The molecule has 1 aliphatic heterocycles. The maximum absolute atomic E-state index is 12.7. The number of nitrogens with zero attached hydrogens (tertiary/aromatic N) is 4. The van der Waals surface area contributed by atoms with Crippen molar-refractivity contribution in [3.05, 3.63) is 46.8 Å². The highest BCUT2D eigenvalue weighted by molar-refractivity contribution is 6.03. The lowest BCUT2D eigenvalue weighted by Gasteiger charge is -2.34. The molecule has 2 heterocycles. The van der Waals surface area contributed by atoms with Crippen LogP contribution in [-0.2, 0) is 4.79 Å². The van der Waals surface area contributed by atoms with E-state index in [1.165, 1.54) is 0 Å². The van der Waals surface area contributed by atoms with Crippen LogP contribution in [0.3, 0.4) is 0 Å². The third-order valence-corrected chi connectivity index (χ3v) is 4.72. The van der Waals surface area contributed by atoms with Gasteiger partial charge in [-0.15, -0.1) is 0 Å². The third kappa shape index (κ3) is 4.42. The van der Waals surface area contributed by atoms with Gasteiger partial charge < -0.3 is 15.1 Å². The SMILES string of the molecule is CC(=O)N1CCN(c2nc(C)cc(C(=O)Nc3cc(C)ccc3C)n2)CC1.